The largest absolute Gasteiger partial charge is 0.337 e. The molecule has 0 aliphatic heterocycles. The molecular formula is C18H18N4O2. The van der Waals surface area contributed by atoms with Gasteiger partial charge in [-0.1, -0.05) is 29.4 Å². The van der Waals surface area contributed by atoms with Crippen molar-refractivity contribution in [3.63, 3.8) is 0 Å². The van der Waals surface area contributed by atoms with Crippen LogP contribution in [0.1, 0.15) is 35.8 Å². The summed E-state index contributed by atoms with van der Waals surface area (Å²) in [5.74, 6) is 0.939. The van der Waals surface area contributed by atoms with Crippen LogP contribution < -0.4 is 10.6 Å². The van der Waals surface area contributed by atoms with Crippen LogP contribution in [-0.2, 0) is 12.8 Å². The summed E-state index contributed by atoms with van der Waals surface area (Å²) in [7, 11) is 0. The number of carbonyl (C=O) groups is 1. The highest BCUT2D eigenvalue weighted by Crippen LogP contribution is 2.34. The lowest BCUT2D eigenvalue weighted by Crippen LogP contribution is -2.31. The molecule has 4 rings (SSSR count). The molecule has 24 heavy (non-hydrogen) atoms. The number of aromatic nitrogens is 2. The molecule has 0 saturated carbocycles. The number of hydrogen-bond donors (Lipinski definition) is 2. The topological polar surface area (TPSA) is 80.0 Å². The number of aryl methyl sites for hydroxylation is 3. The molecule has 3 aromatic rings. The third-order valence-corrected chi connectivity index (χ3v) is 4.39. The van der Waals surface area contributed by atoms with Crippen molar-refractivity contribution in [3.05, 3.63) is 53.2 Å². The van der Waals surface area contributed by atoms with E-state index in [0.29, 0.717) is 11.7 Å². The van der Waals surface area contributed by atoms with E-state index in [-0.39, 0.29) is 12.1 Å². The van der Waals surface area contributed by atoms with Gasteiger partial charge in [0, 0.05) is 5.39 Å². The highest BCUT2D eigenvalue weighted by Gasteiger charge is 2.18. The summed E-state index contributed by atoms with van der Waals surface area (Å²) >= 11 is 0. The molecule has 1 atom stereocenters. The van der Waals surface area contributed by atoms with Crippen LogP contribution in [0.4, 0.5) is 10.5 Å². The van der Waals surface area contributed by atoms with Crippen LogP contribution in [0.3, 0.4) is 0 Å². The minimum Gasteiger partial charge on any atom is -0.337 e. The Kier molecular flexibility index (Phi) is 3.45. The average molecular weight is 322 g/mol. The van der Waals surface area contributed by atoms with Crippen LogP contribution in [0.25, 0.3) is 10.8 Å². The summed E-state index contributed by atoms with van der Waals surface area (Å²) < 4.78 is 5.08. The molecule has 0 saturated heterocycles. The van der Waals surface area contributed by atoms with Crippen LogP contribution >= 0.6 is 0 Å². The van der Waals surface area contributed by atoms with Crippen molar-refractivity contribution in [2.24, 2.45) is 0 Å². The summed E-state index contributed by atoms with van der Waals surface area (Å²) in [5, 5.41) is 11.9. The quantitative estimate of drug-likeness (QED) is 0.773. The maximum atomic E-state index is 12.3. The Morgan fingerprint density at radius 3 is 2.75 bits per heavy atom. The van der Waals surface area contributed by atoms with Gasteiger partial charge in [0.05, 0.1) is 5.69 Å². The molecule has 0 unspecified atom stereocenters. The minimum atomic E-state index is -0.358. The van der Waals surface area contributed by atoms with Gasteiger partial charge in [-0.2, -0.15) is 4.98 Å². The van der Waals surface area contributed by atoms with Crippen molar-refractivity contribution in [1.82, 2.24) is 15.5 Å². The first-order valence-corrected chi connectivity index (χ1v) is 8.03. The second kappa shape index (κ2) is 5.63. The fraction of sp³-hybridized carbons (Fsp3) is 0.278. The highest BCUT2D eigenvalue weighted by molar-refractivity contribution is 6.04. The Balaban J connectivity index is 1.55. The first-order chi connectivity index (χ1) is 11.6. The molecule has 0 spiro atoms. The summed E-state index contributed by atoms with van der Waals surface area (Å²) in [6, 6.07) is 9.66. The molecule has 0 fully saturated rings. The van der Waals surface area contributed by atoms with Crippen LogP contribution in [0.15, 0.2) is 34.9 Å². The second-order valence-corrected chi connectivity index (χ2v) is 6.11. The van der Waals surface area contributed by atoms with Crippen LogP contribution in [0, 0.1) is 6.92 Å². The maximum absolute atomic E-state index is 12.3. The van der Waals surface area contributed by atoms with Crippen molar-refractivity contribution in [1.29, 1.82) is 0 Å². The molecule has 2 N–H and O–H groups in total. The van der Waals surface area contributed by atoms with Gasteiger partial charge in [-0.25, -0.2) is 4.79 Å². The summed E-state index contributed by atoms with van der Waals surface area (Å²) in [5.41, 5.74) is 3.51. The molecule has 0 radical (unpaired) electrons. The van der Waals surface area contributed by atoms with Gasteiger partial charge in [0.2, 0.25) is 5.89 Å². The maximum Gasteiger partial charge on any atom is 0.319 e. The fourth-order valence-corrected chi connectivity index (χ4v) is 3.26. The van der Waals surface area contributed by atoms with Gasteiger partial charge in [-0.05, 0) is 49.3 Å². The van der Waals surface area contributed by atoms with E-state index in [1.54, 1.807) is 13.8 Å². The Hall–Kier alpha value is -2.89. The number of carbonyl (C=O) groups excluding carboxylic acids is 1. The van der Waals surface area contributed by atoms with Gasteiger partial charge in [0.25, 0.3) is 0 Å². The molecule has 1 aliphatic carbocycles. The average Bonchev–Trinajstić information content (AvgIpc) is 3.18. The molecular weight excluding hydrogens is 304 g/mol. The number of amides is 2. The molecule has 6 heteroatoms. The van der Waals surface area contributed by atoms with E-state index in [9.17, 15) is 4.79 Å². The van der Waals surface area contributed by atoms with Gasteiger partial charge < -0.3 is 15.2 Å². The molecule has 2 amide bonds. The zero-order chi connectivity index (χ0) is 16.7. The molecule has 1 aromatic heterocycles. The number of urea groups is 1. The Morgan fingerprint density at radius 2 is 2.00 bits per heavy atom. The lowest BCUT2D eigenvalue weighted by atomic mass is 10.0. The number of hydrogen-bond acceptors (Lipinski definition) is 4. The van der Waals surface area contributed by atoms with E-state index in [1.165, 1.54) is 16.5 Å². The lowest BCUT2D eigenvalue weighted by Gasteiger charge is -2.13. The number of rotatable bonds is 3. The van der Waals surface area contributed by atoms with E-state index >= 15 is 0 Å². The first kappa shape index (κ1) is 14.7. The molecule has 2 aromatic carbocycles. The second-order valence-electron chi connectivity index (χ2n) is 6.11. The standard InChI is InChI=1S/C18H18N4O2/c1-10(17-20-11(2)22-24-17)19-18(23)21-15-9-8-13-7-6-12-4-3-5-14(15)16(12)13/h3-5,8-10H,6-7H2,1-2H3,(H2,19,21,23)/t10-/m1/s1. The third kappa shape index (κ3) is 2.50. The summed E-state index contributed by atoms with van der Waals surface area (Å²) in [4.78, 5) is 16.5. The SMILES string of the molecule is Cc1noc([C@@H](C)NC(=O)Nc2ccc3c4c(cccc24)CC3)n1. The van der Waals surface area contributed by atoms with E-state index in [1.807, 2.05) is 18.2 Å². The highest BCUT2D eigenvalue weighted by atomic mass is 16.5. The van der Waals surface area contributed by atoms with Crippen LogP contribution in [-0.4, -0.2) is 16.2 Å². The van der Waals surface area contributed by atoms with Gasteiger partial charge in [-0.3, -0.25) is 0 Å². The van der Waals surface area contributed by atoms with Gasteiger partial charge >= 0.3 is 6.03 Å². The van der Waals surface area contributed by atoms with Crippen molar-refractivity contribution in [2.75, 3.05) is 5.32 Å². The van der Waals surface area contributed by atoms with E-state index in [2.05, 4.69) is 32.9 Å². The van der Waals surface area contributed by atoms with Crippen molar-refractivity contribution in [2.45, 2.75) is 32.7 Å². The third-order valence-electron chi connectivity index (χ3n) is 4.39. The van der Waals surface area contributed by atoms with Gasteiger partial charge in [-0.15, -0.1) is 0 Å². The van der Waals surface area contributed by atoms with Crippen LogP contribution in [0.2, 0.25) is 0 Å². The predicted octanol–water partition coefficient (Wildman–Crippen LogP) is 3.51. The monoisotopic (exact) mass is 322 g/mol. The Bertz CT molecular complexity index is 922. The number of anilines is 1. The van der Waals surface area contributed by atoms with Crippen molar-refractivity contribution in [3.8, 4) is 0 Å². The summed E-state index contributed by atoms with van der Waals surface area (Å²) in [6.07, 6.45) is 2.13. The number of nitrogens with one attached hydrogen (secondary N) is 2. The molecule has 122 valence electrons. The van der Waals surface area contributed by atoms with E-state index in [0.717, 1.165) is 23.9 Å². The molecule has 0 bridgehead atoms. The van der Waals surface area contributed by atoms with E-state index in [4.69, 9.17) is 4.52 Å². The predicted molar refractivity (Wildman–Crippen MR) is 91.0 cm³/mol. The molecule has 6 nitrogen and oxygen atoms in total. The van der Waals surface area contributed by atoms with E-state index < -0.39 is 0 Å². The molecule has 1 heterocycles. The van der Waals surface area contributed by atoms with Gasteiger partial charge in [0.15, 0.2) is 5.82 Å². The fourth-order valence-electron chi connectivity index (χ4n) is 3.26. The zero-order valence-corrected chi connectivity index (χ0v) is 13.6. The van der Waals surface area contributed by atoms with Gasteiger partial charge in [0.1, 0.15) is 6.04 Å². The number of nitrogens with zero attached hydrogens (tertiary/aromatic N) is 2. The van der Waals surface area contributed by atoms with Crippen molar-refractivity contribution < 1.29 is 9.32 Å². The Labute approximate surface area is 139 Å². The molecule has 1 aliphatic rings. The van der Waals surface area contributed by atoms with Crippen LogP contribution in [0.5, 0.6) is 0 Å². The first-order valence-electron chi connectivity index (χ1n) is 8.03. The number of benzene rings is 2. The zero-order valence-electron chi connectivity index (χ0n) is 13.6. The Morgan fingerprint density at radius 1 is 1.21 bits per heavy atom. The van der Waals surface area contributed by atoms with Crippen molar-refractivity contribution >= 4 is 22.5 Å². The minimum absolute atomic E-state index is 0.294. The summed E-state index contributed by atoms with van der Waals surface area (Å²) in [6.45, 7) is 3.55. The lowest BCUT2D eigenvalue weighted by molar-refractivity contribution is 0.245. The smallest absolute Gasteiger partial charge is 0.319 e. The normalized spacial score (nSPS) is 13.9.